The van der Waals surface area contributed by atoms with Crippen LogP contribution in [0.5, 0.6) is 11.5 Å². The number of hydrogen-bond donors (Lipinski definition) is 0. The van der Waals surface area contributed by atoms with Crippen LogP contribution in [0.2, 0.25) is 0 Å². The molecule has 3 heteroatoms. The van der Waals surface area contributed by atoms with Gasteiger partial charge in [-0.05, 0) is 49.6 Å². The maximum Gasteiger partial charge on any atom is 0.336 e. The van der Waals surface area contributed by atoms with Crippen LogP contribution in [0.1, 0.15) is 22.3 Å². The largest absolute Gasteiger partial charge is 0.496 e. The second-order valence-electron chi connectivity index (χ2n) is 5.15. The van der Waals surface area contributed by atoms with Crippen LogP contribution in [0.4, 0.5) is 0 Å². The smallest absolute Gasteiger partial charge is 0.336 e. The van der Waals surface area contributed by atoms with E-state index in [1.54, 1.807) is 13.2 Å². The predicted octanol–water partition coefficient (Wildman–Crippen LogP) is 4.24. The van der Waals surface area contributed by atoms with Gasteiger partial charge in [-0.25, -0.2) is 4.79 Å². The molecule has 0 fully saturated rings. The van der Waals surface area contributed by atoms with Crippen LogP contribution in [0.15, 0.2) is 42.5 Å². The van der Waals surface area contributed by atoms with E-state index in [2.05, 4.69) is 0 Å². The maximum absolute atomic E-state index is 12.1. The number of rotatable bonds is 4. The molecule has 0 saturated carbocycles. The van der Waals surface area contributed by atoms with Crippen molar-refractivity contribution in [1.82, 2.24) is 0 Å². The molecule has 2 aromatic rings. The van der Waals surface area contributed by atoms with Crippen molar-refractivity contribution in [2.45, 2.75) is 20.8 Å². The lowest BCUT2D eigenvalue weighted by molar-refractivity contribution is -0.129. The molecule has 0 amide bonds. The number of aryl methyl sites for hydroxylation is 2. The van der Waals surface area contributed by atoms with Crippen LogP contribution in [0, 0.1) is 20.8 Å². The number of carbonyl (C=O) groups excluding carboxylic acids is 1. The number of carbonyl (C=O) groups is 1. The molecule has 0 unspecified atom stereocenters. The van der Waals surface area contributed by atoms with E-state index < -0.39 is 5.97 Å². The van der Waals surface area contributed by atoms with Gasteiger partial charge >= 0.3 is 5.97 Å². The van der Waals surface area contributed by atoms with Gasteiger partial charge in [0.05, 0.1) is 7.11 Å². The third-order valence-electron chi connectivity index (χ3n) is 3.61. The van der Waals surface area contributed by atoms with E-state index in [-0.39, 0.29) is 0 Å². The summed E-state index contributed by atoms with van der Waals surface area (Å²) in [4.78, 5) is 12.1. The molecule has 0 bridgehead atoms. The van der Waals surface area contributed by atoms with Gasteiger partial charge in [0.25, 0.3) is 0 Å². The molecular weight excluding hydrogens is 276 g/mol. The van der Waals surface area contributed by atoms with Crippen molar-refractivity contribution in [1.29, 1.82) is 0 Å². The fourth-order valence-electron chi connectivity index (χ4n) is 2.18. The Balaban J connectivity index is 2.17. The van der Waals surface area contributed by atoms with Gasteiger partial charge in [0.2, 0.25) is 0 Å². The highest BCUT2D eigenvalue weighted by Gasteiger charge is 2.09. The zero-order valence-electron chi connectivity index (χ0n) is 13.3. The molecule has 0 aliphatic heterocycles. The number of ether oxygens (including phenoxy) is 2. The molecule has 2 aromatic carbocycles. The predicted molar refractivity (Wildman–Crippen MR) is 88.3 cm³/mol. The van der Waals surface area contributed by atoms with Gasteiger partial charge < -0.3 is 9.47 Å². The van der Waals surface area contributed by atoms with Gasteiger partial charge in [-0.15, -0.1) is 0 Å². The summed E-state index contributed by atoms with van der Waals surface area (Å²) < 4.78 is 10.7. The highest BCUT2D eigenvalue weighted by atomic mass is 16.5. The molecule has 0 atom stereocenters. The highest BCUT2D eigenvalue weighted by molar-refractivity contribution is 5.89. The fourth-order valence-corrected chi connectivity index (χ4v) is 2.18. The lowest BCUT2D eigenvalue weighted by atomic mass is 10.1. The third-order valence-corrected chi connectivity index (χ3v) is 3.61. The lowest BCUT2D eigenvalue weighted by Crippen LogP contribution is -2.07. The minimum atomic E-state index is -0.400. The van der Waals surface area contributed by atoms with Crippen LogP contribution in [0.3, 0.4) is 0 Å². The molecule has 0 N–H and O–H groups in total. The first-order chi connectivity index (χ1) is 10.5. The molecule has 0 heterocycles. The first kappa shape index (κ1) is 15.8. The number of esters is 1. The van der Waals surface area contributed by atoms with E-state index in [4.69, 9.17) is 9.47 Å². The summed E-state index contributed by atoms with van der Waals surface area (Å²) >= 11 is 0. The molecule has 0 saturated heterocycles. The summed E-state index contributed by atoms with van der Waals surface area (Å²) in [6.07, 6.45) is 3.11. The van der Waals surface area contributed by atoms with Crippen molar-refractivity contribution < 1.29 is 14.3 Å². The zero-order chi connectivity index (χ0) is 16.1. The van der Waals surface area contributed by atoms with Gasteiger partial charge in [0, 0.05) is 11.6 Å². The molecule has 22 heavy (non-hydrogen) atoms. The van der Waals surface area contributed by atoms with Gasteiger partial charge in [0.1, 0.15) is 11.5 Å². The average Bonchev–Trinajstić information content (AvgIpc) is 2.53. The Bertz CT molecular complexity index is 715. The lowest BCUT2D eigenvalue weighted by Gasteiger charge is -2.11. The summed E-state index contributed by atoms with van der Waals surface area (Å²) in [5.74, 6) is 0.951. The number of para-hydroxylation sites is 1. The minimum absolute atomic E-state index is 0.400. The molecule has 3 nitrogen and oxygen atoms in total. The van der Waals surface area contributed by atoms with Gasteiger partial charge in [-0.3, -0.25) is 0 Å². The van der Waals surface area contributed by atoms with E-state index in [9.17, 15) is 4.79 Å². The van der Waals surface area contributed by atoms with Crippen molar-refractivity contribution in [3.63, 3.8) is 0 Å². The Hall–Kier alpha value is -2.55. The topological polar surface area (TPSA) is 35.5 Å². The second kappa shape index (κ2) is 6.94. The number of benzene rings is 2. The first-order valence-corrected chi connectivity index (χ1v) is 7.12. The van der Waals surface area contributed by atoms with E-state index in [0.717, 1.165) is 28.0 Å². The van der Waals surface area contributed by atoms with Crippen LogP contribution in [0.25, 0.3) is 6.08 Å². The highest BCUT2D eigenvalue weighted by Crippen LogP contribution is 2.26. The van der Waals surface area contributed by atoms with Crippen molar-refractivity contribution in [2.24, 2.45) is 0 Å². The van der Waals surface area contributed by atoms with E-state index in [1.165, 1.54) is 6.08 Å². The summed E-state index contributed by atoms with van der Waals surface area (Å²) in [5.41, 5.74) is 3.86. The Morgan fingerprint density at radius 1 is 1.00 bits per heavy atom. The van der Waals surface area contributed by atoms with Gasteiger partial charge in [-0.1, -0.05) is 30.3 Å². The zero-order valence-corrected chi connectivity index (χ0v) is 13.3. The van der Waals surface area contributed by atoms with E-state index in [0.29, 0.717) is 5.75 Å². The van der Waals surface area contributed by atoms with Gasteiger partial charge in [0.15, 0.2) is 0 Å². The SMILES string of the molecule is COc1ccccc1/C=C/C(=O)Oc1c(C)ccc(C)c1C. The summed E-state index contributed by atoms with van der Waals surface area (Å²) in [5, 5.41) is 0. The molecule has 0 aliphatic rings. The normalized spacial score (nSPS) is 10.7. The van der Waals surface area contributed by atoms with Crippen LogP contribution >= 0.6 is 0 Å². The summed E-state index contributed by atoms with van der Waals surface area (Å²) in [6.45, 7) is 5.88. The quantitative estimate of drug-likeness (QED) is 0.481. The van der Waals surface area contributed by atoms with Crippen molar-refractivity contribution in [3.05, 3.63) is 64.7 Å². The van der Waals surface area contributed by atoms with Crippen molar-refractivity contribution >= 4 is 12.0 Å². The minimum Gasteiger partial charge on any atom is -0.496 e. The Morgan fingerprint density at radius 3 is 2.41 bits per heavy atom. The summed E-state index contributed by atoms with van der Waals surface area (Å²) in [6, 6.07) is 11.5. The molecule has 0 spiro atoms. The Morgan fingerprint density at radius 2 is 1.68 bits per heavy atom. The average molecular weight is 296 g/mol. The molecule has 2 rings (SSSR count). The van der Waals surface area contributed by atoms with Crippen LogP contribution in [-0.2, 0) is 4.79 Å². The first-order valence-electron chi connectivity index (χ1n) is 7.12. The molecule has 0 aliphatic carbocycles. The number of methoxy groups -OCH3 is 1. The maximum atomic E-state index is 12.1. The molecule has 0 radical (unpaired) electrons. The van der Waals surface area contributed by atoms with Crippen molar-refractivity contribution in [2.75, 3.05) is 7.11 Å². The monoisotopic (exact) mass is 296 g/mol. The fraction of sp³-hybridized carbons (Fsp3) is 0.211. The van der Waals surface area contributed by atoms with E-state index in [1.807, 2.05) is 57.2 Å². The standard InChI is InChI=1S/C19H20O3/c1-13-9-10-14(2)19(15(13)3)22-18(20)12-11-16-7-5-6-8-17(16)21-4/h5-12H,1-4H3/b12-11+. The Kier molecular flexibility index (Phi) is 4.99. The number of hydrogen-bond acceptors (Lipinski definition) is 3. The second-order valence-corrected chi connectivity index (χ2v) is 5.15. The molecule has 0 aromatic heterocycles. The summed E-state index contributed by atoms with van der Waals surface area (Å²) in [7, 11) is 1.60. The van der Waals surface area contributed by atoms with Crippen LogP contribution < -0.4 is 9.47 Å². The van der Waals surface area contributed by atoms with Crippen LogP contribution in [-0.4, -0.2) is 13.1 Å². The van der Waals surface area contributed by atoms with Gasteiger partial charge in [-0.2, -0.15) is 0 Å². The third kappa shape index (κ3) is 3.55. The van der Waals surface area contributed by atoms with Crippen molar-refractivity contribution in [3.8, 4) is 11.5 Å². The Labute approximate surface area is 131 Å². The molecular formula is C19H20O3. The molecule has 114 valence electrons. The van der Waals surface area contributed by atoms with E-state index >= 15 is 0 Å².